The summed E-state index contributed by atoms with van der Waals surface area (Å²) in [6.45, 7) is 15.7. The first-order chi connectivity index (χ1) is 11.3. The second-order valence-corrected chi connectivity index (χ2v) is 11.4. The summed E-state index contributed by atoms with van der Waals surface area (Å²) in [6.07, 6.45) is 12.2. The van der Waals surface area contributed by atoms with Gasteiger partial charge in [-0.2, -0.15) is 0 Å². The van der Waals surface area contributed by atoms with Crippen molar-refractivity contribution < 1.29 is 0 Å². The van der Waals surface area contributed by atoms with Crippen LogP contribution in [-0.2, 0) is 0 Å². The number of rotatable bonds is 1. The highest BCUT2D eigenvalue weighted by atomic mass is 14.7. The van der Waals surface area contributed by atoms with Crippen molar-refractivity contribution in [2.45, 2.75) is 92.9 Å². The average molecular weight is 331 g/mol. The lowest BCUT2D eigenvalue weighted by molar-refractivity contribution is -0.157. The lowest BCUT2D eigenvalue weighted by Gasteiger charge is -2.64. The largest absolute Gasteiger partial charge is 0.0625 e. The van der Waals surface area contributed by atoms with E-state index in [-0.39, 0.29) is 0 Å². The van der Waals surface area contributed by atoms with Gasteiger partial charge in [0.25, 0.3) is 0 Å². The van der Waals surface area contributed by atoms with Crippen LogP contribution in [0.5, 0.6) is 0 Å². The lowest BCUT2D eigenvalue weighted by atomic mass is 9.41. The van der Waals surface area contributed by atoms with Gasteiger partial charge < -0.3 is 0 Å². The fourth-order valence-corrected chi connectivity index (χ4v) is 9.13. The third-order valence-electron chi connectivity index (χ3n) is 10.4. The summed E-state index contributed by atoms with van der Waals surface area (Å²) in [4.78, 5) is 0. The van der Waals surface area contributed by atoms with E-state index in [9.17, 15) is 0 Å². The summed E-state index contributed by atoms with van der Waals surface area (Å²) in [6, 6.07) is 0. The van der Waals surface area contributed by atoms with E-state index >= 15 is 0 Å². The van der Waals surface area contributed by atoms with Crippen molar-refractivity contribution >= 4 is 0 Å². The molecule has 4 aliphatic carbocycles. The summed E-state index contributed by atoms with van der Waals surface area (Å²) in [5.74, 6) is 7.89. The molecule has 0 heterocycles. The lowest BCUT2D eigenvalue weighted by Crippen LogP contribution is -2.58. The van der Waals surface area contributed by atoms with Crippen LogP contribution in [0.4, 0.5) is 0 Å². The Kier molecular flexibility index (Phi) is 4.17. The summed E-state index contributed by atoms with van der Waals surface area (Å²) in [5, 5.41) is 0. The van der Waals surface area contributed by atoms with Gasteiger partial charge in [-0.25, -0.2) is 0 Å². The predicted molar refractivity (Wildman–Crippen MR) is 104 cm³/mol. The Morgan fingerprint density at radius 1 is 0.875 bits per heavy atom. The van der Waals surface area contributed by atoms with Crippen molar-refractivity contribution in [1.82, 2.24) is 0 Å². The van der Waals surface area contributed by atoms with Crippen LogP contribution in [0.15, 0.2) is 0 Å². The minimum absolute atomic E-state index is 0.626. The summed E-state index contributed by atoms with van der Waals surface area (Å²) >= 11 is 0. The van der Waals surface area contributed by atoms with E-state index in [2.05, 4.69) is 41.5 Å². The molecule has 138 valence electrons. The van der Waals surface area contributed by atoms with Crippen molar-refractivity contribution in [2.24, 2.45) is 58.2 Å². The molecule has 0 aliphatic heterocycles. The van der Waals surface area contributed by atoms with Gasteiger partial charge in [0.05, 0.1) is 0 Å². The zero-order chi connectivity index (χ0) is 17.3. The van der Waals surface area contributed by atoms with Crippen molar-refractivity contribution in [3.63, 3.8) is 0 Å². The first kappa shape index (κ1) is 17.4. The smallest absolute Gasteiger partial charge is 0.0238 e. The molecule has 0 amide bonds. The molecule has 0 saturated heterocycles. The second kappa shape index (κ2) is 5.75. The first-order valence-electron chi connectivity index (χ1n) is 11.3. The van der Waals surface area contributed by atoms with Crippen molar-refractivity contribution in [1.29, 1.82) is 0 Å². The van der Waals surface area contributed by atoms with Crippen molar-refractivity contribution in [3.8, 4) is 0 Å². The highest BCUT2D eigenvalue weighted by molar-refractivity contribution is 5.12. The van der Waals surface area contributed by atoms with E-state index in [4.69, 9.17) is 0 Å². The topological polar surface area (TPSA) is 0 Å². The Balaban J connectivity index is 1.71. The Labute approximate surface area is 151 Å². The van der Waals surface area contributed by atoms with Crippen LogP contribution in [0, 0.1) is 58.2 Å². The average Bonchev–Trinajstić information content (AvgIpc) is 2.88. The summed E-state index contributed by atoms with van der Waals surface area (Å²) in [5.41, 5.74) is 1.31. The van der Waals surface area contributed by atoms with Gasteiger partial charge in [-0.05, 0) is 96.7 Å². The van der Waals surface area contributed by atoms with Gasteiger partial charge in [-0.15, -0.1) is 0 Å². The van der Waals surface area contributed by atoms with Gasteiger partial charge in [-0.1, -0.05) is 54.4 Å². The Hall–Kier alpha value is 0. The molecule has 0 bridgehead atoms. The quantitative estimate of drug-likeness (QED) is 0.477. The van der Waals surface area contributed by atoms with Gasteiger partial charge in [0.2, 0.25) is 0 Å². The van der Waals surface area contributed by atoms with E-state index in [1.165, 1.54) is 44.9 Å². The van der Waals surface area contributed by atoms with E-state index in [0.29, 0.717) is 10.8 Å². The second-order valence-electron chi connectivity index (χ2n) is 11.4. The van der Waals surface area contributed by atoms with E-state index in [1.54, 1.807) is 6.42 Å². The Morgan fingerprint density at radius 2 is 1.62 bits per heavy atom. The number of hydrogen-bond donors (Lipinski definition) is 0. The highest BCUT2D eigenvalue weighted by Crippen LogP contribution is 2.70. The van der Waals surface area contributed by atoms with Gasteiger partial charge >= 0.3 is 0 Å². The first-order valence-corrected chi connectivity index (χ1v) is 11.3. The van der Waals surface area contributed by atoms with Crippen molar-refractivity contribution in [2.75, 3.05) is 0 Å². The molecule has 0 N–H and O–H groups in total. The molecule has 0 heteroatoms. The Morgan fingerprint density at radius 3 is 2.33 bits per heavy atom. The van der Waals surface area contributed by atoms with E-state index < -0.39 is 0 Å². The fraction of sp³-hybridized carbons (Fsp3) is 1.00. The monoisotopic (exact) mass is 330 g/mol. The molecule has 9 unspecified atom stereocenters. The number of hydrogen-bond acceptors (Lipinski definition) is 0. The normalized spacial score (nSPS) is 57.4. The maximum atomic E-state index is 2.73. The van der Waals surface area contributed by atoms with Gasteiger partial charge in [0.15, 0.2) is 0 Å². The molecular weight excluding hydrogens is 288 g/mol. The van der Waals surface area contributed by atoms with E-state index in [1.807, 2.05) is 0 Å². The van der Waals surface area contributed by atoms with Gasteiger partial charge in [-0.3, -0.25) is 0 Å². The molecule has 4 aliphatic rings. The molecule has 4 fully saturated rings. The molecule has 0 spiro atoms. The van der Waals surface area contributed by atoms with Crippen LogP contribution in [0.2, 0.25) is 0 Å². The molecule has 9 atom stereocenters. The minimum atomic E-state index is 0.626. The third-order valence-corrected chi connectivity index (χ3v) is 10.4. The molecule has 0 aromatic rings. The van der Waals surface area contributed by atoms with Gasteiger partial charge in [0.1, 0.15) is 0 Å². The zero-order valence-electron chi connectivity index (χ0n) is 17.3. The summed E-state index contributed by atoms with van der Waals surface area (Å²) in [7, 11) is 0. The molecule has 0 aromatic carbocycles. The van der Waals surface area contributed by atoms with Crippen molar-refractivity contribution in [3.05, 3.63) is 0 Å². The van der Waals surface area contributed by atoms with Crippen LogP contribution in [0.1, 0.15) is 92.9 Å². The molecule has 0 radical (unpaired) electrons. The van der Waals surface area contributed by atoms with Gasteiger partial charge in [0, 0.05) is 0 Å². The molecular formula is C24H42. The summed E-state index contributed by atoms with van der Waals surface area (Å²) < 4.78 is 0. The van der Waals surface area contributed by atoms with E-state index in [0.717, 1.165) is 47.3 Å². The standard InChI is InChI=1S/C24H42/c1-15(2)19-10-11-20-22-16(3)13-18-9-7-8-12-23(18,5)21(22)14-17(4)24(19,20)6/h15-22H,7-14H2,1-6H3. The molecule has 4 rings (SSSR count). The predicted octanol–water partition coefficient (Wildman–Crippen LogP) is 7.18. The van der Waals surface area contributed by atoms with Crippen LogP contribution in [0.3, 0.4) is 0 Å². The maximum Gasteiger partial charge on any atom is -0.0238 e. The number of fused-ring (bicyclic) bond motifs is 5. The maximum absolute atomic E-state index is 2.73. The molecule has 4 saturated carbocycles. The molecule has 0 aromatic heterocycles. The zero-order valence-corrected chi connectivity index (χ0v) is 17.3. The third kappa shape index (κ3) is 2.16. The van der Waals surface area contributed by atoms with Crippen LogP contribution in [-0.4, -0.2) is 0 Å². The van der Waals surface area contributed by atoms with Crippen LogP contribution < -0.4 is 0 Å². The Bertz CT molecular complexity index is 478. The van der Waals surface area contributed by atoms with Crippen LogP contribution in [0.25, 0.3) is 0 Å². The minimum Gasteiger partial charge on any atom is -0.0625 e. The SMILES string of the molecule is CC(C)C1CCC2C3C(C)CC4CCCCC4(C)C3CC(C)C12C. The highest BCUT2D eigenvalue weighted by Gasteiger charge is 2.63. The van der Waals surface area contributed by atoms with Crippen LogP contribution >= 0.6 is 0 Å². The molecule has 24 heavy (non-hydrogen) atoms. The fourth-order valence-electron chi connectivity index (χ4n) is 9.13. The molecule has 0 nitrogen and oxygen atoms in total.